The highest BCUT2D eigenvalue weighted by atomic mass is 32.1. The molecule has 0 saturated heterocycles. The highest BCUT2D eigenvalue weighted by Crippen LogP contribution is 2.23. The Morgan fingerprint density at radius 3 is 3.00 bits per heavy atom. The normalized spacial score (nSPS) is 12.6. The minimum atomic E-state index is 0.238. The number of thiazole rings is 1. The van der Waals surface area contributed by atoms with Crippen LogP contribution in [0.25, 0.3) is 0 Å². The van der Waals surface area contributed by atoms with Crippen molar-refractivity contribution in [2.24, 2.45) is 0 Å². The van der Waals surface area contributed by atoms with Crippen LogP contribution in [-0.4, -0.2) is 21.1 Å². The van der Waals surface area contributed by atoms with Gasteiger partial charge in [0, 0.05) is 30.5 Å². The maximum absolute atomic E-state index is 4.35. The van der Waals surface area contributed by atoms with Crippen LogP contribution >= 0.6 is 11.3 Å². The summed E-state index contributed by atoms with van der Waals surface area (Å²) in [7, 11) is 0. The van der Waals surface area contributed by atoms with E-state index in [9.17, 15) is 0 Å². The molecule has 0 aromatic carbocycles. The second-order valence-electron chi connectivity index (χ2n) is 3.98. The molecule has 0 amide bonds. The van der Waals surface area contributed by atoms with Crippen LogP contribution in [0.4, 0.5) is 5.95 Å². The van der Waals surface area contributed by atoms with Gasteiger partial charge in [-0.2, -0.15) is 0 Å². The summed E-state index contributed by atoms with van der Waals surface area (Å²) in [5, 5.41) is 6.49. The van der Waals surface area contributed by atoms with Crippen LogP contribution < -0.4 is 5.32 Å². The van der Waals surface area contributed by atoms with E-state index >= 15 is 0 Å². The van der Waals surface area contributed by atoms with Crippen molar-refractivity contribution in [2.75, 3.05) is 11.9 Å². The molecule has 1 atom stereocenters. The molecule has 0 radical (unpaired) electrons. The summed E-state index contributed by atoms with van der Waals surface area (Å²) < 4.78 is 2.13. The van der Waals surface area contributed by atoms with Crippen LogP contribution in [0.3, 0.4) is 0 Å². The molecule has 0 saturated carbocycles. The SMILES string of the molecule is CCCCNc1nccn1C(C)c1nccs1. The van der Waals surface area contributed by atoms with E-state index < -0.39 is 0 Å². The molecule has 0 aliphatic heterocycles. The second kappa shape index (κ2) is 5.82. The van der Waals surface area contributed by atoms with E-state index in [1.165, 1.54) is 12.8 Å². The van der Waals surface area contributed by atoms with Crippen LogP contribution in [-0.2, 0) is 0 Å². The zero-order valence-corrected chi connectivity index (χ0v) is 11.1. The molecule has 1 unspecified atom stereocenters. The van der Waals surface area contributed by atoms with Crippen molar-refractivity contribution in [3.05, 3.63) is 29.0 Å². The van der Waals surface area contributed by atoms with Gasteiger partial charge in [-0.15, -0.1) is 11.3 Å². The Bertz CT molecular complexity index is 435. The van der Waals surface area contributed by atoms with Gasteiger partial charge in [-0.25, -0.2) is 9.97 Å². The molecule has 2 aromatic rings. The van der Waals surface area contributed by atoms with E-state index in [0.29, 0.717) is 0 Å². The third-order valence-corrected chi connectivity index (χ3v) is 3.65. The molecule has 2 aromatic heterocycles. The maximum atomic E-state index is 4.35. The quantitative estimate of drug-likeness (QED) is 0.801. The van der Waals surface area contributed by atoms with Crippen molar-refractivity contribution in [3.8, 4) is 0 Å². The summed E-state index contributed by atoms with van der Waals surface area (Å²) in [6.07, 6.45) is 8.03. The lowest BCUT2D eigenvalue weighted by atomic mass is 10.3. The summed E-state index contributed by atoms with van der Waals surface area (Å²) in [5.41, 5.74) is 0. The summed E-state index contributed by atoms with van der Waals surface area (Å²) in [6.45, 7) is 5.30. The first-order valence-corrected chi connectivity index (χ1v) is 6.87. The number of imidazole rings is 1. The standard InChI is InChI=1S/C12H18N4S/c1-3-4-5-14-12-15-6-8-16(12)10(2)11-13-7-9-17-11/h6-10H,3-5H2,1-2H3,(H,14,15). The van der Waals surface area contributed by atoms with Crippen LogP contribution in [0, 0.1) is 0 Å². The average Bonchev–Trinajstić information content (AvgIpc) is 3.00. The van der Waals surface area contributed by atoms with Gasteiger partial charge in [0.15, 0.2) is 0 Å². The smallest absolute Gasteiger partial charge is 0.203 e. The molecule has 92 valence electrons. The topological polar surface area (TPSA) is 42.7 Å². The number of rotatable bonds is 6. The molecule has 0 aliphatic carbocycles. The number of nitrogens with one attached hydrogen (secondary N) is 1. The van der Waals surface area contributed by atoms with E-state index in [0.717, 1.165) is 17.5 Å². The molecular weight excluding hydrogens is 232 g/mol. The highest BCUT2D eigenvalue weighted by molar-refractivity contribution is 7.09. The van der Waals surface area contributed by atoms with E-state index in [2.05, 4.69) is 33.7 Å². The van der Waals surface area contributed by atoms with Gasteiger partial charge in [0.05, 0.1) is 6.04 Å². The molecule has 17 heavy (non-hydrogen) atoms. The van der Waals surface area contributed by atoms with Gasteiger partial charge in [-0.1, -0.05) is 13.3 Å². The monoisotopic (exact) mass is 250 g/mol. The van der Waals surface area contributed by atoms with Crippen molar-refractivity contribution >= 4 is 17.3 Å². The Morgan fingerprint density at radius 1 is 1.41 bits per heavy atom. The molecule has 0 bridgehead atoms. The fraction of sp³-hybridized carbons (Fsp3) is 0.500. The number of hydrogen-bond acceptors (Lipinski definition) is 4. The van der Waals surface area contributed by atoms with Crippen molar-refractivity contribution < 1.29 is 0 Å². The molecule has 0 aliphatic rings. The van der Waals surface area contributed by atoms with Crippen LogP contribution in [0.15, 0.2) is 24.0 Å². The van der Waals surface area contributed by atoms with E-state index in [1.807, 2.05) is 24.0 Å². The van der Waals surface area contributed by atoms with Crippen molar-refractivity contribution in [1.29, 1.82) is 0 Å². The summed E-state index contributed by atoms with van der Waals surface area (Å²) >= 11 is 1.68. The number of anilines is 1. The van der Waals surface area contributed by atoms with Crippen LogP contribution in [0.2, 0.25) is 0 Å². The van der Waals surface area contributed by atoms with Crippen molar-refractivity contribution in [3.63, 3.8) is 0 Å². The first kappa shape index (κ1) is 12.1. The van der Waals surface area contributed by atoms with E-state index in [4.69, 9.17) is 0 Å². The summed E-state index contributed by atoms with van der Waals surface area (Å²) in [4.78, 5) is 8.70. The molecular formula is C12H18N4S. The first-order chi connectivity index (χ1) is 8.33. The molecule has 5 heteroatoms. The van der Waals surface area contributed by atoms with Crippen LogP contribution in [0.5, 0.6) is 0 Å². The zero-order chi connectivity index (χ0) is 12.1. The lowest BCUT2D eigenvalue weighted by molar-refractivity contribution is 0.637. The number of hydrogen-bond donors (Lipinski definition) is 1. The van der Waals surface area contributed by atoms with Gasteiger partial charge in [-0.05, 0) is 13.3 Å². The van der Waals surface area contributed by atoms with Gasteiger partial charge in [-0.3, -0.25) is 0 Å². The molecule has 4 nitrogen and oxygen atoms in total. The van der Waals surface area contributed by atoms with Crippen LogP contribution in [0.1, 0.15) is 37.7 Å². The fourth-order valence-electron chi connectivity index (χ4n) is 1.70. The van der Waals surface area contributed by atoms with Crippen molar-refractivity contribution in [1.82, 2.24) is 14.5 Å². The fourth-order valence-corrected chi connectivity index (χ4v) is 2.39. The van der Waals surface area contributed by atoms with Gasteiger partial charge < -0.3 is 9.88 Å². The lowest BCUT2D eigenvalue weighted by Gasteiger charge is -2.14. The third-order valence-electron chi connectivity index (χ3n) is 2.71. The zero-order valence-electron chi connectivity index (χ0n) is 10.3. The number of aromatic nitrogens is 3. The van der Waals surface area contributed by atoms with Gasteiger partial charge >= 0.3 is 0 Å². The average molecular weight is 250 g/mol. The summed E-state index contributed by atoms with van der Waals surface area (Å²) in [6, 6.07) is 0.238. The Morgan fingerprint density at radius 2 is 2.29 bits per heavy atom. The molecule has 0 fully saturated rings. The molecule has 1 N–H and O–H groups in total. The highest BCUT2D eigenvalue weighted by Gasteiger charge is 2.13. The van der Waals surface area contributed by atoms with Crippen molar-refractivity contribution in [2.45, 2.75) is 32.7 Å². The molecule has 2 heterocycles. The van der Waals surface area contributed by atoms with E-state index in [-0.39, 0.29) is 6.04 Å². The maximum Gasteiger partial charge on any atom is 0.203 e. The lowest BCUT2D eigenvalue weighted by Crippen LogP contribution is -2.12. The number of unbranched alkanes of at least 4 members (excludes halogenated alkanes) is 1. The predicted octanol–water partition coefficient (Wildman–Crippen LogP) is 3.16. The Labute approximate surface area is 106 Å². The number of nitrogens with zero attached hydrogens (tertiary/aromatic N) is 3. The predicted molar refractivity (Wildman–Crippen MR) is 71.6 cm³/mol. The largest absolute Gasteiger partial charge is 0.356 e. The van der Waals surface area contributed by atoms with Gasteiger partial charge in [0.2, 0.25) is 5.95 Å². The van der Waals surface area contributed by atoms with Gasteiger partial charge in [0.25, 0.3) is 0 Å². The third kappa shape index (κ3) is 2.85. The Kier molecular flexibility index (Phi) is 4.14. The Hall–Kier alpha value is -1.36. The first-order valence-electron chi connectivity index (χ1n) is 5.99. The van der Waals surface area contributed by atoms with E-state index in [1.54, 1.807) is 11.3 Å². The molecule has 2 rings (SSSR count). The molecule has 0 spiro atoms. The second-order valence-corrected chi connectivity index (χ2v) is 4.91. The summed E-state index contributed by atoms with van der Waals surface area (Å²) in [5.74, 6) is 0.932. The Balaban J connectivity index is 2.08. The minimum absolute atomic E-state index is 0.238. The minimum Gasteiger partial charge on any atom is -0.356 e. The van der Waals surface area contributed by atoms with Gasteiger partial charge in [0.1, 0.15) is 5.01 Å².